The molecular formula is C9H11ClFNO. The summed E-state index contributed by atoms with van der Waals surface area (Å²) in [5.41, 5.74) is 5.65. The molecule has 0 aromatic heterocycles. The Labute approximate surface area is 81.1 Å². The zero-order valence-electron chi connectivity index (χ0n) is 7.00. The van der Waals surface area contributed by atoms with Gasteiger partial charge in [-0.25, -0.2) is 4.39 Å². The van der Waals surface area contributed by atoms with Gasteiger partial charge in [-0.3, -0.25) is 0 Å². The van der Waals surface area contributed by atoms with Crippen LogP contribution >= 0.6 is 11.6 Å². The zero-order valence-corrected chi connectivity index (χ0v) is 7.76. The van der Waals surface area contributed by atoms with E-state index >= 15 is 0 Å². The third-order valence-corrected chi connectivity index (χ3v) is 2.10. The van der Waals surface area contributed by atoms with Crippen molar-refractivity contribution < 1.29 is 9.50 Å². The van der Waals surface area contributed by atoms with Gasteiger partial charge in [0.15, 0.2) is 0 Å². The van der Waals surface area contributed by atoms with Crippen molar-refractivity contribution in [1.29, 1.82) is 0 Å². The second-order valence-electron chi connectivity index (χ2n) is 2.76. The number of benzene rings is 1. The van der Waals surface area contributed by atoms with E-state index in [1.54, 1.807) is 0 Å². The van der Waals surface area contributed by atoms with Gasteiger partial charge in [-0.15, -0.1) is 0 Å². The van der Waals surface area contributed by atoms with Crippen molar-refractivity contribution in [2.45, 2.75) is 12.5 Å². The van der Waals surface area contributed by atoms with Crippen molar-refractivity contribution in [3.63, 3.8) is 0 Å². The maximum Gasteiger partial charge on any atom is 0.123 e. The maximum atomic E-state index is 12.7. The molecule has 1 atom stereocenters. The first-order valence-electron chi connectivity index (χ1n) is 3.98. The first-order valence-corrected chi connectivity index (χ1v) is 4.36. The minimum atomic E-state index is -0.784. The topological polar surface area (TPSA) is 46.2 Å². The van der Waals surface area contributed by atoms with Crippen molar-refractivity contribution in [2.75, 3.05) is 6.54 Å². The fourth-order valence-electron chi connectivity index (χ4n) is 1.08. The highest BCUT2D eigenvalue weighted by atomic mass is 35.5. The Bertz CT molecular complexity index is 293. The zero-order chi connectivity index (χ0) is 9.84. The summed E-state index contributed by atoms with van der Waals surface area (Å²) in [7, 11) is 0. The Morgan fingerprint density at radius 1 is 1.54 bits per heavy atom. The predicted molar refractivity (Wildman–Crippen MR) is 50.0 cm³/mol. The molecule has 0 heterocycles. The van der Waals surface area contributed by atoms with Crippen molar-refractivity contribution in [1.82, 2.24) is 0 Å². The molecular weight excluding hydrogens is 193 g/mol. The molecule has 0 fully saturated rings. The number of aliphatic hydroxyl groups excluding tert-OH is 1. The molecule has 0 aliphatic carbocycles. The lowest BCUT2D eigenvalue weighted by Crippen LogP contribution is -2.07. The normalized spacial score (nSPS) is 12.9. The standard InChI is InChI=1S/C9H11ClFNO/c10-8-2-1-6(11)5-7(8)9(13)3-4-12/h1-2,5,9,13H,3-4,12H2. The SMILES string of the molecule is NCCC(O)c1cc(F)ccc1Cl. The summed E-state index contributed by atoms with van der Waals surface area (Å²) in [5, 5.41) is 9.86. The van der Waals surface area contributed by atoms with Gasteiger partial charge in [-0.1, -0.05) is 11.6 Å². The maximum absolute atomic E-state index is 12.7. The molecule has 0 spiro atoms. The molecule has 2 nitrogen and oxygen atoms in total. The first-order chi connectivity index (χ1) is 6.15. The Morgan fingerprint density at radius 3 is 2.85 bits per heavy atom. The molecule has 4 heteroatoms. The van der Waals surface area contributed by atoms with Crippen LogP contribution in [0.5, 0.6) is 0 Å². The second-order valence-corrected chi connectivity index (χ2v) is 3.17. The summed E-state index contributed by atoms with van der Waals surface area (Å²) in [6, 6.07) is 3.90. The van der Waals surface area contributed by atoms with Crippen LogP contribution in [0.1, 0.15) is 18.1 Å². The average molecular weight is 204 g/mol. The molecule has 0 saturated carbocycles. The Hall–Kier alpha value is -0.640. The summed E-state index contributed by atoms with van der Waals surface area (Å²) in [6.07, 6.45) is -0.406. The number of halogens is 2. The Balaban J connectivity index is 2.91. The molecule has 0 aliphatic heterocycles. The van der Waals surface area contributed by atoms with Gasteiger partial charge in [0.05, 0.1) is 6.10 Å². The average Bonchev–Trinajstić information content (AvgIpc) is 2.09. The van der Waals surface area contributed by atoms with E-state index < -0.39 is 11.9 Å². The molecule has 1 aromatic carbocycles. The first kappa shape index (κ1) is 10.4. The molecule has 3 N–H and O–H groups in total. The van der Waals surface area contributed by atoms with Gasteiger partial charge in [0.25, 0.3) is 0 Å². The van der Waals surface area contributed by atoms with E-state index in [2.05, 4.69) is 0 Å². The van der Waals surface area contributed by atoms with Gasteiger partial charge in [-0.05, 0) is 31.2 Å². The third kappa shape index (κ3) is 2.66. The highest BCUT2D eigenvalue weighted by Crippen LogP contribution is 2.25. The molecule has 0 saturated heterocycles. The van der Waals surface area contributed by atoms with Crippen LogP contribution in [0.4, 0.5) is 4.39 Å². The van der Waals surface area contributed by atoms with E-state index in [4.69, 9.17) is 17.3 Å². The minimum absolute atomic E-state index is 0.341. The number of aliphatic hydroxyl groups is 1. The van der Waals surface area contributed by atoms with E-state index in [0.717, 1.165) is 0 Å². The van der Waals surface area contributed by atoms with Crippen LogP contribution in [0.15, 0.2) is 18.2 Å². The van der Waals surface area contributed by atoms with Gasteiger partial charge >= 0.3 is 0 Å². The highest BCUT2D eigenvalue weighted by Gasteiger charge is 2.11. The molecule has 1 aromatic rings. The molecule has 72 valence electrons. The molecule has 0 bridgehead atoms. The smallest absolute Gasteiger partial charge is 0.123 e. The largest absolute Gasteiger partial charge is 0.388 e. The number of hydrogen-bond donors (Lipinski definition) is 2. The summed E-state index contributed by atoms with van der Waals surface area (Å²) >= 11 is 5.76. The van der Waals surface area contributed by atoms with Crippen LogP contribution < -0.4 is 5.73 Å². The van der Waals surface area contributed by atoms with Gasteiger partial charge in [-0.2, -0.15) is 0 Å². The summed E-state index contributed by atoms with van der Waals surface area (Å²) < 4.78 is 12.7. The monoisotopic (exact) mass is 203 g/mol. The molecule has 0 amide bonds. The van der Waals surface area contributed by atoms with Crippen LogP contribution in [-0.2, 0) is 0 Å². The molecule has 13 heavy (non-hydrogen) atoms. The van der Waals surface area contributed by atoms with Crippen molar-refractivity contribution >= 4 is 11.6 Å². The minimum Gasteiger partial charge on any atom is -0.388 e. The van der Waals surface area contributed by atoms with Crippen molar-refractivity contribution in [2.24, 2.45) is 5.73 Å². The van der Waals surface area contributed by atoms with E-state index in [1.165, 1.54) is 18.2 Å². The van der Waals surface area contributed by atoms with Gasteiger partial charge < -0.3 is 10.8 Å². The summed E-state index contributed by atoms with van der Waals surface area (Å²) in [6.45, 7) is 0.341. The Kier molecular flexibility index (Phi) is 3.66. The highest BCUT2D eigenvalue weighted by molar-refractivity contribution is 6.31. The third-order valence-electron chi connectivity index (χ3n) is 1.76. The lowest BCUT2D eigenvalue weighted by Gasteiger charge is -2.11. The summed E-state index contributed by atoms with van der Waals surface area (Å²) in [5.74, 6) is -0.407. The van der Waals surface area contributed by atoms with Gasteiger partial charge in [0.2, 0.25) is 0 Å². The van der Waals surface area contributed by atoms with E-state index in [1.807, 2.05) is 0 Å². The van der Waals surface area contributed by atoms with Gasteiger partial charge in [0.1, 0.15) is 5.82 Å². The van der Waals surface area contributed by atoms with E-state index in [-0.39, 0.29) is 0 Å². The number of hydrogen-bond acceptors (Lipinski definition) is 2. The molecule has 0 radical (unpaired) electrons. The molecule has 0 aliphatic rings. The number of rotatable bonds is 3. The fraction of sp³-hybridized carbons (Fsp3) is 0.333. The van der Waals surface area contributed by atoms with E-state index in [0.29, 0.717) is 23.6 Å². The van der Waals surface area contributed by atoms with Crippen LogP contribution in [0.3, 0.4) is 0 Å². The Morgan fingerprint density at radius 2 is 2.23 bits per heavy atom. The fourth-order valence-corrected chi connectivity index (χ4v) is 1.33. The van der Waals surface area contributed by atoms with Crippen LogP contribution in [0, 0.1) is 5.82 Å². The molecule has 1 unspecified atom stereocenters. The predicted octanol–water partition coefficient (Wildman–Crippen LogP) is 1.86. The van der Waals surface area contributed by atoms with Crippen LogP contribution in [0.2, 0.25) is 5.02 Å². The lowest BCUT2D eigenvalue weighted by molar-refractivity contribution is 0.170. The van der Waals surface area contributed by atoms with Crippen molar-refractivity contribution in [3.8, 4) is 0 Å². The van der Waals surface area contributed by atoms with Crippen LogP contribution in [0.25, 0.3) is 0 Å². The van der Waals surface area contributed by atoms with Gasteiger partial charge in [0, 0.05) is 10.6 Å². The van der Waals surface area contributed by atoms with Crippen LogP contribution in [-0.4, -0.2) is 11.7 Å². The van der Waals surface area contributed by atoms with Crippen molar-refractivity contribution in [3.05, 3.63) is 34.6 Å². The quantitative estimate of drug-likeness (QED) is 0.788. The number of nitrogens with two attached hydrogens (primary N) is 1. The summed E-state index contributed by atoms with van der Waals surface area (Å²) in [4.78, 5) is 0. The van der Waals surface area contributed by atoms with E-state index in [9.17, 15) is 9.50 Å². The molecule has 1 rings (SSSR count). The lowest BCUT2D eigenvalue weighted by atomic mass is 10.1. The second kappa shape index (κ2) is 4.56.